The SMILES string of the molecule is c1ccc(-c2ccc(-c3ccc(N(c4ccc5c(c4)C4(c6ccccc6-c6ccccc64)c4ccccc4-5)c4c(-c5ccccc5)c5ccccc5c5ccccc45)cc3)cc2)cc1. The molecular weight excluding hydrogens is 771 g/mol. The lowest BCUT2D eigenvalue weighted by atomic mass is 9.70. The van der Waals surface area contributed by atoms with Crippen LogP contribution in [0.25, 0.3) is 77.2 Å². The van der Waals surface area contributed by atoms with Gasteiger partial charge >= 0.3 is 0 Å². The first-order chi connectivity index (χ1) is 31.8. The van der Waals surface area contributed by atoms with E-state index in [0.29, 0.717) is 0 Å². The van der Waals surface area contributed by atoms with Crippen molar-refractivity contribution in [2.45, 2.75) is 5.41 Å². The molecule has 11 aromatic carbocycles. The van der Waals surface area contributed by atoms with Gasteiger partial charge in [-0.3, -0.25) is 0 Å². The van der Waals surface area contributed by atoms with Crippen molar-refractivity contribution in [2.75, 3.05) is 4.90 Å². The van der Waals surface area contributed by atoms with Crippen LogP contribution < -0.4 is 4.90 Å². The molecule has 0 amide bonds. The van der Waals surface area contributed by atoms with Gasteiger partial charge in [0.15, 0.2) is 0 Å². The van der Waals surface area contributed by atoms with Gasteiger partial charge in [-0.05, 0) is 113 Å². The Morgan fingerprint density at radius 3 is 1.17 bits per heavy atom. The molecule has 2 aliphatic carbocycles. The first kappa shape index (κ1) is 36.4. The number of nitrogens with zero attached hydrogens (tertiary/aromatic N) is 1. The van der Waals surface area contributed by atoms with Crippen molar-refractivity contribution in [1.82, 2.24) is 0 Å². The van der Waals surface area contributed by atoms with E-state index in [1.165, 1.54) is 99.4 Å². The Bertz CT molecular complexity index is 3520. The molecule has 298 valence electrons. The van der Waals surface area contributed by atoms with Crippen molar-refractivity contribution in [2.24, 2.45) is 0 Å². The summed E-state index contributed by atoms with van der Waals surface area (Å²) in [6, 6.07) is 92.1. The molecule has 0 saturated carbocycles. The van der Waals surface area contributed by atoms with Crippen molar-refractivity contribution in [1.29, 1.82) is 0 Å². The molecule has 0 aromatic heterocycles. The first-order valence-corrected chi connectivity index (χ1v) is 22.3. The second kappa shape index (κ2) is 14.4. The summed E-state index contributed by atoms with van der Waals surface area (Å²) >= 11 is 0. The molecule has 1 nitrogen and oxygen atoms in total. The van der Waals surface area contributed by atoms with Crippen molar-refractivity contribution < 1.29 is 0 Å². The maximum Gasteiger partial charge on any atom is 0.0726 e. The Balaban J connectivity index is 1.08. The maximum atomic E-state index is 2.54. The van der Waals surface area contributed by atoms with Crippen LogP contribution in [0.15, 0.2) is 249 Å². The number of anilines is 3. The number of hydrogen-bond acceptors (Lipinski definition) is 1. The van der Waals surface area contributed by atoms with E-state index in [-0.39, 0.29) is 0 Å². The van der Waals surface area contributed by atoms with Gasteiger partial charge in [0.2, 0.25) is 0 Å². The van der Waals surface area contributed by atoms with Gasteiger partial charge in [-0.1, -0.05) is 224 Å². The Morgan fingerprint density at radius 2 is 0.625 bits per heavy atom. The van der Waals surface area contributed by atoms with Gasteiger partial charge in [0.25, 0.3) is 0 Å². The first-order valence-electron chi connectivity index (χ1n) is 22.3. The van der Waals surface area contributed by atoms with E-state index < -0.39 is 5.41 Å². The third kappa shape index (κ3) is 5.31. The summed E-state index contributed by atoms with van der Waals surface area (Å²) in [6.07, 6.45) is 0. The zero-order valence-electron chi connectivity index (χ0n) is 35.1. The molecule has 13 rings (SSSR count). The highest BCUT2D eigenvalue weighted by Gasteiger charge is 2.51. The second-order valence-corrected chi connectivity index (χ2v) is 17.1. The molecule has 0 fully saturated rings. The van der Waals surface area contributed by atoms with Crippen molar-refractivity contribution >= 4 is 38.6 Å². The molecule has 0 bridgehead atoms. The third-order valence-electron chi connectivity index (χ3n) is 13.9. The largest absolute Gasteiger partial charge is 0.309 e. The van der Waals surface area contributed by atoms with Crippen LogP contribution in [0.2, 0.25) is 0 Å². The van der Waals surface area contributed by atoms with Crippen molar-refractivity contribution in [3.63, 3.8) is 0 Å². The summed E-state index contributed by atoms with van der Waals surface area (Å²) in [5.74, 6) is 0. The normalized spacial score (nSPS) is 12.8. The fourth-order valence-electron chi connectivity index (χ4n) is 11.2. The molecule has 64 heavy (non-hydrogen) atoms. The Hall–Kier alpha value is -8.26. The van der Waals surface area contributed by atoms with Crippen LogP contribution in [0, 0.1) is 0 Å². The van der Waals surface area contributed by atoms with E-state index in [0.717, 1.165) is 17.1 Å². The Morgan fingerprint density at radius 1 is 0.250 bits per heavy atom. The number of fused-ring (bicyclic) bond motifs is 13. The predicted molar refractivity (Wildman–Crippen MR) is 269 cm³/mol. The molecule has 0 atom stereocenters. The molecule has 0 heterocycles. The predicted octanol–water partition coefficient (Wildman–Crippen LogP) is 16.8. The average Bonchev–Trinajstić information content (AvgIpc) is 3.84. The van der Waals surface area contributed by atoms with Crippen LogP contribution >= 0.6 is 0 Å². The summed E-state index contributed by atoms with van der Waals surface area (Å²) in [7, 11) is 0. The molecule has 0 radical (unpaired) electrons. The molecule has 0 N–H and O–H groups in total. The molecule has 1 heteroatoms. The lowest BCUT2D eigenvalue weighted by molar-refractivity contribution is 0.793. The minimum Gasteiger partial charge on any atom is -0.309 e. The molecule has 0 aliphatic heterocycles. The van der Waals surface area contributed by atoms with Gasteiger partial charge in [0, 0.05) is 22.3 Å². The lowest BCUT2D eigenvalue weighted by Gasteiger charge is -2.33. The highest BCUT2D eigenvalue weighted by atomic mass is 15.1. The van der Waals surface area contributed by atoms with E-state index in [2.05, 4.69) is 254 Å². The van der Waals surface area contributed by atoms with Crippen LogP contribution in [0.5, 0.6) is 0 Å². The highest BCUT2D eigenvalue weighted by molar-refractivity contribution is 6.22. The van der Waals surface area contributed by atoms with Gasteiger partial charge in [0.05, 0.1) is 11.1 Å². The number of benzene rings is 11. The smallest absolute Gasteiger partial charge is 0.0726 e. The topological polar surface area (TPSA) is 3.24 Å². The summed E-state index contributed by atoms with van der Waals surface area (Å²) in [6.45, 7) is 0. The molecule has 0 saturated heterocycles. The standard InChI is InChI=1S/C63H41N/c1-3-17-42(18-4-1)43-31-33-44(34-32-43)45-35-37-47(38-36-45)64(62-56-27-10-8-22-50(56)49-21-7-9-26-55(49)61(62)46-19-5-2-6-20-46)48-39-40-54-53-25-13-16-30-59(53)63(60(54)41-48)57-28-14-11-23-51(57)52-24-12-15-29-58(52)63/h1-41H. The van der Waals surface area contributed by atoms with Crippen LogP contribution in [0.1, 0.15) is 22.3 Å². The van der Waals surface area contributed by atoms with Gasteiger partial charge in [-0.2, -0.15) is 0 Å². The molecular formula is C63H41N. The van der Waals surface area contributed by atoms with Gasteiger partial charge < -0.3 is 4.90 Å². The summed E-state index contributed by atoms with van der Waals surface area (Å²) in [4.78, 5) is 2.54. The van der Waals surface area contributed by atoms with Crippen LogP contribution in [-0.2, 0) is 5.41 Å². The highest BCUT2D eigenvalue weighted by Crippen LogP contribution is 2.63. The zero-order chi connectivity index (χ0) is 42.2. The number of rotatable bonds is 6. The third-order valence-corrected chi connectivity index (χ3v) is 13.9. The number of hydrogen-bond donors (Lipinski definition) is 0. The molecule has 1 spiro atoms. The van der Waals surface area contributed by atoms with Gasteiger partial charge in [0.1, 0.15) is 0 Å². The quantitative estimate of drug-likeness (QED) is 0.151. The molecule has 0 unspecified atom stereocenters. The van der Waals surface area contributed by atoms with E-state index in [1.54, 1.807) is 0 Å². The monoisotopic (exact) mass is 811 g/mol. The molecule has 2 aliphatic rings. The second-order valence-electron chi connectivity index (χ2n) is 17.1. The van der Waals surface area contributed by atoms with E-state index in [9.17, 15) is 0 Å². The van der Waals surface area contributed by atoms with Gasteiger partial charge in [-0.25, -0.2) is 0 Å². The Kier molecular flexibility index (Phi) is 8.20. The summed E-state index contributed by atoms with van der Waals surface area (Å²) < 4.78 is 0. The summed E-state index contributed by atoms with van der Waals surface area (Å²) in [5, 5.41) is 4.91. The fourth-order valence-corrected chi connectivity index (χ4v) is 11.2. The van der Waals surface area contributed by atoms with Crippen LogP contribution in [-0.4, -0.2) is 0 Å². The van der Waals surface area contributed by atoms with Crippen molar-refractivity contribution in [3.8, 4) is 55.6 Å². The lowest BCUT2D eigenvalue weighted by Crippen LogP contribution is -2.26. The Labute approximate surface area is 373 Å². The van der Waals surface area contributed by atoms with Crippen LogP contribution in [0.3, 0.4) is 0 Å². The van der Waals surface area contributed by atoms with E-state index in [4.69, 9.17) is 0 Å². The van der Waals surface area contributed by atoms with E-state index >= 15 is 0 Å². The van der Waals surface area contributed by atoms with E-state index in [1.807, 2.05) is 0 Å². The maximum absolute atomic E-state index is 2.54. The van der Waals surface area contributed by atoms with Crippen molar-refractivity contribution in [3.05, 3.63) is 271 Å². The minimum absolute atomic E-state index is 0.468. The average molecular weight is 812 g/mol. The molecule has 11 aromatic rings. The minimum atomic E-state index is -0.468. The summed E-state index contributed by atoms with van der Waals surface area (Å²) in [5.41, 5.74) is 20.7. The fraction of sp³-hybridized carbons (Fsp3) is 0.0159. The van der Waals surface area contributed by atoms with Gasteiger partial charge in [-0.15, -0.1) is 0 Å². The van der Waals surface area contributed by atoms with Crippen LogP contribution in [0.4, 0.5) is 17.1 Å². The zero-order valence-corrected chi connectivity index (χ0v) is 35.1.